The Morgan fingerprint density at radius 2 is 1.64 bits per heavy atom. The molecule has 0 saturated heterocycles. The van der Waals surface area contributed by atoms with Crippen LogP contribution in [0.5, 0.6) is 0 Å². The molecule has 0 heterocycles. The first-order valence-electron chi connectivity index (χ1n) is 6.92. The molecule has 0 saturated carbocycles. The number of rotatable bonds is 5. The largest absolute Gasteiger partial charge is 0.496 e. The Bertz CT molecular complexity index is 734. The lowest BCUT2D eigenvalue weighted by molar-refractivity contribution is 0.314. The average Bonchev–Trinajstić information content (AvgIpc) is 2.59. The fourth-order valence-corrected chi connectivity index (χ4v) is 2.07. The Kier molecular flexibility index (Phi) is 5.34. The van der Waals surface area contributed by atoms with Gasteiger partial charge in [0.2, 0.25) is 0 Å². The number of benzene rings is 2. The quantitative estimate of drug-likeness (QED) is 0.448. The molecule has 0 amide bonds. The number of methoxy groups -OCH3 is 1. The van der Waals surface area contributed by atoms with Crippen LogP contribution in [0.2, 0.25) is 0 Å². The molecule has 2 nitrogen and oxygen atoms in total. The first-order valence-corrected chi connectivity index (χ1v) is 6.92. The highest BCUT2D eigenvalue weighted by Gasteiger charge is 2.09. The minimum absolute atomic E-state index is 0.384. The molecule has 0 aliphatic rings. The molecule has 0 radical (unpaired) electrons. The van der Waals surface area contributed by atoms with Crippen molar-refractivity contribution in [2.24, 2.45) is 0 Å². The lowest BCUT2D eigenvalue weighted by Crippen LogP contribution is -1.94. The Hall–Kier alpha value is -3.05. The van der Waals surface area contributed by atoms with Gasteiger partial charge in [-0.25, -0.2) is 0 Å². The third-order valence-corrected chi connectivity index (χ3v) is 3.13. The van der Waals surface area contributed by atoms with Crippen LogP contribution in [0.25, 0.3) is 11.6 Å². The van der Waals surface area contributed by atoms with Crippen LogP contribution in [0.1, 0.15) is 11.1 Å². The van der Waals surface area contributed by atoms with E-state index in [1.807, 2.05) is 66.7 Å². The molecule has 2 aromatic carbocycles. The van der Waals surface area contributed by atoms with Crippen molar-refractivity contribution >= 4 is 11.6 Å². The second-order valence-corrected chi connectivity index (χ2v) is 4.68. The lowest BCUT2D eigenvalue weighted by Gasteiger charge is -2.12. The summed E-state index contributed by atoms with van der Waals surface area (Å²) in [6.45, 7) is 3.74. The van der Waals surface area contributed by atoms with Gasteiger partial charge in [0.1, 0.15) is 5.76 Å². The van der Waals surface area contributed by atoms with Crippen LogP contribution >= 0.6 is 0 Å². The molecule has 108 valence electrons. The van der Waals surface area contributed by atoms with Crippen molar-refractivity contribution in [1.82, 2.24) is 0 Å². The minimum atomic E-state index is 0.384. The summed E-state index contributed by atoms with van der Waals surface area (Å²) >= 11 is 0. The minimum Gasteiger partial charge on any atom is -0.496 e. The Morgan fingerprint density at radius 3 is 2.18 bits per heavy atom. The van der Waals surface area contributed by atoms with Crippen LogP contribution in [0.4, 0.5) is 0 Å². The third-order valence-electron chi connectivity index (χ3n) is 3.13. The molecular weight excluding hydrogens is 270 g/mol. The predicted molar refractivity (Wildman–Crippen MR) is 90.6 cm³/mol. The Balaban J connectivity index is 2.52. The van der Waals surface area contributed by atoms with E-state index in [0.29, 0.717) is 11.3 Å². The van der Waals surface area contributed by atoms with E-state index in [4.69, 9.17) is 10.00 Å². The molecule has 0 fully saturated rings. The van der Waals surface area contributed by atoms with Gasteiger partial charge in [0.15, 0.2) is 0 Å². The number of hydrogen-bond acceptors (Lipinski definition) is 2. The molecule has 2 aromatic rings. The molecular formula is C20H17NO. The predicted octanol–water partition coefficient (Wildman–Crippen LogP) is 4.84. The highest BCUT2D eigenvalue weighted by Crippen LogP contribution is 2.26. The fourth-order valence-electron chi connectivity index (χ4n) is 2.07. The molecule has 0 unspecified atom stereocenters. The van der Waals surface area contributed by atoms with Crippen molar-refractivity contribution in [1.29, 1.82) is 5.26 Å². The van der Waals surface area contributed by atoms with Crippen molar-refractivity contribution < 1.29 is 4.74 Å². The van der Waals surface area contributed by atoms with E-state index in [-0.39, 0.29) is 0 Å². The summed E-state index contributed by atoms with van der Waals surface area (Å²) in [7, 11) is 1.63. The second-order valence-electron chi connectivity index (χ2n) is 4.68. The Morgan fingerprint density at radius 1 is 1.05 bits per heavy atom. The molecule has 2 rings (SSSR count). The highest BCUT2D eigenvalue weighted by molar-refractivity contribution is 5.84. The standard InChI is InChI=1S/C20H17NO/c1-16(15-21)13-19(18-11-7-4-8-12-18)20(22-2)14-17-9-5-3-6-10-17/h3-14H,1H2,2H3/b19-13-,20-14-. The van der Waals surface area contributed by atoms with Crippen molar-refractivity contribution in [2.45, 2.75) is 0 Å². The summed E-state index contributed by atoms with van der Waals surface area (Å²) in [6, 6.07) is 21.8. The number of allylic oxidation sites excluding steroid dienone is 3. The number of nitrogens with zero attached hydrogens (tertiary/aromatic N) is 1. The summed E-state index contributed by atoms with van der Waals surface area (Å²) in [5, 5.41) is 9.02. The molecule has 0 atom stereocenters. The van der Waals surface area contributed by atoms with E-state index in [2.05, 4.69) is 12.6 Å². The van der Waals surface area contributed by atoms with E-state index in [9.17, 15) is 0 Å². The van der Waals surface area contributed by atoms with Crippen molar-refractivity contribution in [3.05, 3.63) is 95.8 Å². The van der Waals surface area contributed by atoms with Crippen LogP contribution < -0.4 is 0 Å². The zero-order chi connectivity index (χ0) is 15.8. The lowest BCUT2D eigenvalue weighted by atomic mass is 10.00. The van der Waals surface area contributed by atoms with Crippen molar-refractivity contribution in [2.75, 3.05) is 7.11 Å². The maximum absolute atomic E-state index is 9.02. The summed E-state index contributed by atoms with van der Waals surface area (Å²) in [5.74, 6) is 0.689. The van der Waals surface area contributed by atoms with E-state index in [1.165, 1.54) is 0 Å². The van der Waals surface area contributed by atoms with Crippen LogP contribution in [0.15, 0.2) is 84.7 Å². The Labute approximate surface area is 131 Å². The van der Waals surface area contributed by atoms with Crippen LogP contribution in [0.3, 0.4) is 0 Å². The molecule has 0 N–H and O–H groups in total. The molecule has 22 heavy (non-hydrogen) atoms. The first kappa shape index (κ1) is 15.3. The number of ether oxygens (including phenoxy) is 1. The molecule has 0 bridgehead atoms. The second kappa shape index (κ2) is 7.66. The van der Waals surface area contributed by atoms with Crippen LogP contribution in [-0.2, 0) is 4.74 Å². The first-order chi connectivity index (χ1) is 10.7. The summed E-state index contributed by atoms with van der Waals surface area (Å²) in [5.41, 5.74) is 3.22. The van der Waals surface area contributed by atoms with Crippen LogP contribution in [-0.4, -0.2) is 7.11 Å². The fraction of sp³-hybridized carbons (Fsp3) is 0.0500. The molecule has 0 aliphatic carbocycles. The normalized spacial score (nSPS) is 11.6. The van der Waals surface area contributed by atoms with E-state index < -0.39 is 0 Å². The maximum atomic E-state index is 9.02. The number of hydrogen-bond donors (Lipinski definition) is 0. The average molecular weight is 287 g/mol. The van der Waals surface area contributed by atoms with Gasteiger partial charge in [0.25, 0.3) is 0 Å². The van der Waals surface area contributed by atoms with Gasteiger partial charge >= 0.3 is 0 Å². The van der Waals surface area contributed by atoms with E-state index in [1.54, 1.807) is 13.2 Å². The van der Waals surface area contributed by atoms with E-state index in [0.717, 1.165) is 16.7 Å². The maximum Gasteiger partial charge on any atom is 0.127 e. The van der Waals surface area contributed by atoms with Gasteiger partial charge < -0.3 is 4.74 Å². The number of nitriles is 1. The topological polar surface area (TPSA) is 33.0 Å². The third kappa shape index (κ3) is 3.97. The van der Waals surface area contributed by atoms with Gasteiger partial charge in [-0.1, -0.05) is 67.2 Å². The molecule has 0 aromatic heterocycles. The van der Waals surface area contributed by atoms with Gasteiger partial charge in [-0.2, -0.15) is 5.26 Å². The highest BCUT2D eigenvalue weighted by atomic mass is 16.5. The summed E-state index contributed by atoms with van der Waals surface area (Å²) < 4.78 is 5.56. The molecule has 0 aliphatic heterocycles. The smallest absolute Gasteiger partial charge is 0.127 e. The van der Waals surface area contributed by atoms with Gasteiger partial charge in [-0.05, 0) is 23.3 Å². The van der Waals surface area contributed by atoms with Crippen molar-refractivity contribution in [3.8, 4) is 6.07 Å². The summed E-state index contributed by atoms with van der Waals surface area (Å²) in [4.78, 5) is 0. The van der Waals surface area contributed by atoms with Gasteiger partial charge in [0.05, 0.1) is 13.2 Å². The molecule has 0 spiro atoms. The van der Waals surface area contributed by atoms with Crippen molar-refractivity contribution in [3.63, 3.8) is 0 Å². The molecule has 2 heteroatoms. The SMILES string of the molecule is C=C(C#N)/C=C(\C(=C\c1ccccc1)OC)c1ccccc1. The van der Waals surface area contributed by atoms with Gasteiger partial charge in [-0.3, -0.25) is 0 Å². The monoisotopic (exact) mass is 287 g/mol. The van der Waals surface area contributed by atoms with E-state index >= 15 is 0 Å². The zero-order valence-corrected chi connectivity index (χ0v) is 12.5. The van der Waals surface area contributed by atoms with Gasteiger partial charge in [-0.15, -0.1) is 0 Å². The van der Waals surface area contributed by atoms with Gasteiger partial charge in [0, 0.05) is 11.1 Å². The summed E-state index contributed by atoms with van der Waals surface area (Å²) in [6.07, 6.45) is 3.69. The van der Waals surface area contributed by atoms with Crippen LogP contribution in [0, 0.1) is 11.3 Å². The zero-order valence-electron chi connectivity index (χ0n) is 12.5.